The fraction of sp³-hybridized carbons (Fsp3) is 0.375. The lowest BCUT2D eigenvalue weighted by atomic mass is 9.98. The van der Waals surface area contributed by atoms with E-state index < -0.39 is 29.6 Å². The molecule has 1 atom stereocenters. The maximum atomic E-state index is 12.3. The smallest absolute Gasteiger partial charge is 0.407 e. The second kappa shape index (κ2) is 9.00. The van der Waals surface area contributed by atoms with Crippen LogP contribution in [0, 0.1) is 0 Å². The fourth-order valence-electron chi connectivity index (χ4n) is 4.13. The van der Waals surface area contributed by atoms with E-state index in [1.807, 2.05) is 36.4 Å². The molecule has 0 bridgehead atoms. The molecule has 8 heteroatoms. The van der Waals surface area contributed by atoms with Gasteiger partial charge in [-0.3, -0.25) is 4.79 Å². The predicted molar refractivity (Wildman–Crippen MR) is 116 cm³/mol. The number of aliphatic carboxylic acids is 1. The number of hydrogen-bond donors (Lipinski definition) is 3. The number of alkyl carbamates (subject to hydrolysis) is 1. The van der Waals surface area contributed by atoms with Gasteiger partial charge in [-0.25, -0.2) is 9.59 Å². The van der Waals surface area contributed by atoms with Crippen molar-refractivity contribution in [2.24, 2.45) is 0 Å². The van der Waals surface area contributed by atoms with Gasteiger partial charge in [0, 0.05) is 19.6 Å². The Balaban J connectivity index is 1.28. The maximum absolute atomic E-state index is 12.3. The third-order valence-corrected chi connectivity index (χ3v) is 6.10. The summed E-state index contributed by atoms with van der Waals surface area (Å²) >= 11 is 0. The zero-order chi connectivity index (χ0) is 22.7. The number of carbonyl (C=O) groups is 3. The predicted octanol–water partition coefficient (Wildman–Crippen LogP) is 2.66. The molecule has 1 fully saturated rings. The van der Waals surface area contributed by atoms with Gasteiger partial charge in [0.15, 0.2) is 0 Å². The Bertz CT molecular complexity index is 987. The van der Waals surface area contributed by atoms with E-state index in [4.69, 9.17) is 9.47 Å². The van der Waals surface area contributed by atoms with Crippen molar-refractivity contribution in [1.82, 2.24) is 10.6 Å². The van der Waals surface area contributed by atoms with Gasteiger partial charge >= 0.3 is 12.1 Å². The monoisotopic (exact) mass is 438 g/mol. The highest BCUT2D eigenvalue weighted by Gasteiger charge is 2.51. The van der Waals surface area contributed by atoms with Crippen LogP contribution in [0.4, 0.5) is 4.79 Å². The van der Waals surface area contributed by atoms with Crippen LogP contribution in [0.15, 0.2) is 48.5 Å². The van der Waals surface area contributed by atoms with Gasteiger partial charge in [0.05, 0.1) is 12.5 Å². The molecule has 168 valence electrons. The molecule has 0 radical (unpaired) electrons. The van der Waals surface area contributed by atoms with Crippen LogP contribution in [0.3, 0.4) is 0 Å². The Morgan fingerprint density at radius 3 is 2.19 bits per heavy atom. The molecule has 4 rings (SSSR count). The van der Waals surface area contributed by atoms with E-state index in [1.54, 1.807) is 0 Å². The van der Waals surface area contributed by atoms with Crippen LogP contribution in [-0.2, 0) is 19.1 Å². The highest BCUT2D eigenvalue weighted by atomic mass is 16.5. The zero-order valence-electron chi connectivity index (χ0n) is 17.8. The van der Waals surface area contributed by atoms with E-state index >= 15 is 0 Å². The van der Waals surface area contributed by atoms with Gasteiger partial charge in [-0.05, 0) is 35.1 Å². The minimum Gasteiger partial charge on any atom is -0.480 e. The summed E-state index contributed by atoms with van der Waals surface area (Å²) in [5.41, 5.74) is 3.41. The number of carbonyl (C=O) groups excluding carboxylic acids is 2. The van der Waals surface area contributed by atoms with Crippen LogP contribution < -0.4 is 10.6 Å². The normalized spacial score (nSPS) is 16.4. The number of benzene rings is 2. The van der Waals surface area contributed by atoms with Crippen LogP contribution in [0.2, 0.25) is 0 Å². The average molecular weight is 438 g/mol. The van der Waals surface area contributed by atoms with Crippen LogP contribution in [0.5, 0.6) is 0 Å². The molecule has 0 saturated heterocycles. The molecule has 3 N–H and O–H groups in total. The SMILES string of the molecule is COC(CNC(=O)OCC1c2ccccc2-c2ccccc21)CC(=O)NC1(C(=O)O)CC1. The van der Waals surface area contributed by atoms with Crippen molar-refractivity contribution in [3.8, 4) is 11.1 Å². The number of hydrogen-bond acceptors (Lipinski definition) is 5. The lowest BCUT2D eigenvalue weighted by Crippen LogP contribution is -2.45. The second-order valence-corrected chi connectivity index (χ2v) is 8.20. The van der Waals surface area contributed by atoms with E-state index in [0.717, 1.165) is 22.3 Å². The van der Waals surface area contributed by atoms with Gasteiger partial charge in [-0.2, -0.15) is 0 Å². The van der Waals surface area contributed by atoms with Crippen molar-refractivity contribution in [3.05, 3.63) is 59.7 Å². The van der Waals surface area contributed by atoms with Crippen molar-refractivity contribution < 1.29 is 29.0 Å². The minimum atomic E-state index is -1.14. The molecule has 1 unspecified atom stereocenters. The lowest BCUT2D eigenvalue weighted by molar-refractivity contribution is -0.143. The molecule has 0 aromatic heterocycles. The standard InChI is InChI=1S/C24H26N2O6/c1-31-15(12-21(27)26-24(10-11-24)22(28)29)13-25-23(30)32-14-20-18-8-4-2-6-16(18)17-7-3-5-9-19(17)20/h2-9,15,20H,10-14H2,1H3,(H,25,30)(H,26,27)(H,28,29). The third kappa shape index (κ3) is 4.45. The minimum absolute atomic E-state index is 0.0390. The zero-order valence-corrected chi connectivity index (χ0v) is 17.8. The molecule has 2 aliphatic carbocycles. The Morgan fingerprint density at radius 2 is 1.66 bits per heavy atom. The maximum Gasteiger partial charge on any atom is 0.407 e. The van der Waals surface area contributed by atoms with E-state index in [2.05, 4.69) is 22.8 Å². The van der Waals surface area contributed by atoms with Crippen molar-refractivity contribution in [3.63, 3.8) is 0 Å². The Hall–Kier alpha value is -3.39. The third-order valence-electron chi connectivity index (χ3n) is 6.10. The van der Waals surface area contributed by atoms with Crippen molar-refractivity contribution in [1.29, 1.82) is 0 Å². The Kier molecular flexibility index (Phi) is 6.14. The summed E-state index contributed by atoms with van der Waals surface area (Å²) in [5, 5.41) is 14.3. The summed E-state index contributed by atoms with van der Waals surface area (Å²) in [5.74, 6) is -1.49. The summed E-state index contributed by atoms with van der Waals surface area (Å²) in [7, 11) is 1.43. The van der Waals surface area contributed by atoms with Gasteiger partial charge in [0.25, 0.3) is 0 Å². The number of nitrogens with one attached hydrogen (secondary N) is 2. The molecule has 8 nitrogen and oxygen atoms in total. The number of amides is 2. The lowest BCUT2D eigenvalue weighted by Gasteiger charge is -2.19. The molecule has 0 aliphatic heterocycles. The first-order valence-electron chi connectivity index (χ1n) is 10.6. The van der Waals surface area contributed by atoms with Gasteiger partial charge in [0.2, 0.25) is 5.91 Å². The molecule has 32 heavy (non-hydrogen) atoms. The van der Waals surface area contributed by atoms with Crippen molar-refractivity contribution >= 4 is 18.0 Å². The van der Waals surface area contributed by atoms with E-state index in [1.165, 1.54) is 7.11 Å². The van der Waals surface area contributed by atoms with Gasteiger partial charge < -0.3 is 25.2 Å². The van der Waals surface area contributed by atoms with Crippen LogP contribution in [0.1, 0.15) is 36.3 Å². The largest absolute Gasteiger partial charge is 0.480 e. The summed E-state index contributed by atoms with van der Waals surface area (Å²) in [6.45, 7) is 0.264. The molecular formula is C24H26N2O6. The molecular weight excluding hydrogens is 412 g/mol. The highest BCUT2D eigenvalue weighted by molar-refractivity contribution is 5.89. The van der Waals surface area contributed by atoms with Crippen molar-refractivity contribution in [2.75, 3.05) is 20.3 Å². The number of ether oxygens (including phenoxy) is 2. The van der Waals surface area contributed by atoms with Crippen LogP contribution in [-0.4, -0.2) is 55.0 Å². The molecule has 0 heterocycles. The van der Waals surface area contributed by atoms with Gasteiger partial charge in [-0.1, -0.05) is 48.5 Å². The summed E-state index contributed by atoms with van der Waals surface area (Å²) in [4.78, 5) is 35.6. The molecule has 2 aromatic rings. The first-order chi connectivity index (χ1) is 15.4. The second-order valence-electron chi connectivity index (χ2n) is 8.20. The van der Waals surface area contributed by atoms with Gasteiger partial charge in [0.1, 0.15) is 12.1 Å². The first kappa shape index (κ1) is 21.8. The fourth-order valence-corrected chi connectivity index (χ4v) is 4.13. The van der Waals surface area contributed by atoms with Crippen LogP contribution >= 0.6 is 0 Å². The number of fused-ring (bicyclic) bond motifs is 3. The van der Waals surface area contributed by atoms with E-state index in [9.17, 15) is 19.5 Å². The molecule has 2 aromatic carbocycles. The molecule has 0 spiro atoms. The Labute approximate surface area is 185 Å². The average Bonchev–Trinajstić information content (AvgIpc) is 3.51. The summed E-state index contributed by atoms with van der Waals surface area (Å²) < 4.78 is 10.7. The molecule has 2 aliphatic rings. The van der Waals surface area contributed by atoms with Crippen molar-refractivity contribution in [2.45, 2.75) is 36.8 Å². The topological polar surface area (TPSA) is 114 Å². The molecule has 2 amide bonds. The van der Waals surface area contributed by atoms with E-state index in [-0.39, 0.29) is 25.5 Å². The summed E-state index contributed by atoms with van der Waals surface area (Å²) in [6.07, 6.45) is -0.415. The van der Waals surface area contributed by atoms with Crippen LogP contribution in [0.25, 0.3) is 11.1 Å². The van der Waals surface area contributed by atoms with Gasteiger partial charge in [-0.15, -0.1) is 0 Å². The number of carboxylic acids is 1. The molecule has 1 saturated carbocycles. The number of methoxy groups -OCH3 is 1. The first-order valence-corrected chi connectivity index (χ1v) is 10.6. The highest BCUT2D eigenvalue weighted by Crippen LogP contribution is 2.44. The Morgan fingerprint density at radius 1 is 1.06 bits per heavy atom. The quantitative estimate of drug-likeness (QED) is 0.555. The number of rotatable bonds is 9. The van der Waals surface area contributed by atoms with E-state index in [0.29, 0.717) is 12.8 Å². The summed E-state index contributed by atoms with van der Waals surface area (Å²) in [6, 6.07) is 16.2. The number of carboxylic acid groups (broad SMARTS) is 1.